The summed E-state index contributed by atoms with van der Waals surface area (Å²) in [4.78, 5) is 13.7. The van der Waals surface area contributed by atoms with Crippen LogP contribution in [-0.4, -0.2) is 40.0 Å². The van der Waals surface area contributed by atoms with Gasteiger partial charge in [0.2, 0.25) is 0 Å². The van der Waals surface area contributed by atoms with Crippen molar-refractivity contribution in [1.29, 1.82) is 0 Å². The van der Waals surface area contributed by atoms with E-state index in [2.05, 4.69) is 42.3 Å². The molecule has 0 spiro atoms. The third-order valence-electron chi connectivity index (χ3n) is 7.07. The van der Waals surface area contributed by atoms with Gasteiger partial charge in [0.25, 0.3) is 5.91 Å². The molecule has 1 amide bonds. The number of hydrogen-bond acceptors (Lipinski definition) is 4. The second-order valence-corrected chi connectivity index (χ2v) is 11.5. The zero-order chi connectivity index (χ0) is 28.0. The van der Waals surface area contributed by atoms with Gasteiger partial charge in [-0.3, -0.25) is 4.79 Å². The minimum Gasteiger partial charge on any atom is -0.611 e. The fraction of sp³-hybridized carbons (Fsp3) is 0.323. The number of aliphatic hydroxyl groups excluding tert-OH is 1. The van der Waals surface area contributed by atoms with Crippen LogP contribution in [0.5, 0.6) is 0 Å². The highest BCUT2D eigenvalue weighted by molar-refractivity contribution is 7.91. The zero-order valence-corrected chi connectivity index (χ0v) is 22.8. The van der Waals surface area contributed by atoms with E-state index in [1.54, 1.807) is 30.3 Å². The molecule has 39 heavy (non-hydrogen) atoms. The third-order valence-corrected chi connectivity index (χ3v) is 8.39. The molecule has 3 aromatic rings. The Bertz CT molecular complexity index is 1290. The van der Waals surface area contributed by atoms with E-state index < -0.39 is 40.9 Å². The molecule has 0 aromatic heterocycles. The zero-order valence-electron chi connectivity index (χ0n) is 22.0. The van der Waals surface area contributed by atoms with Gasteiger partial charge < -0.3 is 20.3 Å². The average molecular weight is 553 g/mol. The van der Waals surface area contributed by atoms with Gasteiger partial charge in [0.1, 0.15) is 17.4 Å². The summed E-state index contributed by atoms with van der Waals surface area (Å²) in [6.45, 7) is 5.87. The number of aliphatic hydroxyl groups is 1. The van der Waals surface area contributed by atoms with E-state index in [-0.39, 0.29) is 29.8 Å². The minimum atomic E-state index is -1.34. The van der Waals surface area contributed by atoms with Crippen LogP contribution >= 0.6 is 0 Å². The topological polar surface area (TPSA) is 84.4 Å². The maximum absolute atomic E-state index is 13.9. The maximum Gasteiger partial charge on any atom is 0.251 e. The Balaban J connectivity index is 1.52. The highest BCUT2D eigenvalue weighted by Crippen LogP contribution is 2.45. The normalized spacial score (nSPS) is 16.2. The van der Waals surface area contributed by atoms with E-state index in [0.29, 0.717) is 10.5 Å². The summed E-state index contributed by atoms with van der Waals surface area (Å²) in [5.41, 5.74) is 2.74. The van der Waals surface area contributed by atoms with Crippen molar-refractivity contribution in [1.82, 2.24) is 10.6 Å². The van der Waals surface area contributed by atoms with Crippen LogP contribution in [0.25, 0.3) is 0 Å². The molecule has 4 rings (SSSR count). The van der Waals surface area contributed by atoms with Gasteiger partial charge in [-0.15, -0.1) is 0 Å². The first-order valence-corrected chi connectivity index (χ1v) is 14.4. The monoisotopic (exact) mass is 552 g/mol. The Kier molecular flexibility index (Phi) is 9.56. The number of hydrogen-bond donors (Lipinski definition) is 3. The van der Waals surface area contributed by atoms with Crippen molar-refractivity contribution >= 4 is 17.1 Å². The Morgan fingerprint density at radius 3 is 2.49 bits per heavy atom. The molecule has 3 atom stereocenters. The lowest BCUT2D eigenvalue weighted by Gasteiger charge is -2.27. The van der Waals surface area contributed by atoms with Gasteiger partial charge in [0, 0.05) is 29.8 Å². The first kappa shape index (κ1) is 29.0. The van der Waals surface area contributed by atoms with Crippen molar-refractivity contribution in [3.63, 3.8) is 0 Å². The Labute approximate surface area is 231 Å². The molecule has 0 radical (unpaired) electrons. The number of benzene rings is 3. The molecule has 0 bridgehead atoms. The molecular formula is C31H34F2N2O3S. The van der Waals surface area contributed by atoms with Crippen LogP contribution in [0.4, 0.5) is 8.78 Å². The minimum absolute atomic E-state index is 0.0175. The van der Waals surface area contributed by atoms with E-state index in [0.717, 1.165) is 30.9 Å². The summed E-state index contributed by atoms with van der Waals surface area (Å²) < 4.78 is 40.2. The molecule has 0 heterocycles. The standard InChI is InChI=1S/C31H34F2N2O3S/c1-3-13-39(38)27-10-6-8-23(18-27)30(37)35-28(17-22-15-25(32)19-26(33)16-22)29(36)20-34-31(11-12-31)24-9-5-7-21(4-2)14-24/h3,5-10,14-16,18-19,28-29,34,36H,1,4,11-13,17,20H2,2H3,(H,35,37)/t28-,29+,39?/m0/s1. The molecule has 1 unspecified atom stereocenters. The van der Waals surface area contributed by atoms with Crippen LogP contribution in [-0.2, 0) is 29.6 Å². The van der Waals surface area contributed by atoms with E-state index in [1.165, 1.54) is 17.7 Å². The Morgan fingerprint density at radius 2 is 1.82 bits per heavy atom. The highest BCUT2D eigenvalue weighted by Gasteiger charge is 2.44. The van der Waals surface area contributed by atoms with Crippen molar-refractivity contribution in [3.8, 4) is 0 Å². The van der Waals surface area contributed by atoms with Gasteiger partial charge >= 0.3 is 0 Å². The molecule has 3 aromatic carbocycles. The molecular weight excluding hydrogens is 518 g/mol. The van der Waals surface area contributed by atoms with E-state index in [4.69, 9.17) is 0 Å². The van der Waals surface area contributed by atoms with Crippen LogP contribution in [0.15, 0.2) is 84.3 Å². The van der Waals surface area contributed by atoms with Crippen molar-refractivity contribution in [2.75, 3.05) is 12.3 Å². The predicted molar refractivity (Wildman–Crippen MR) is 150 cm³/mol. The smallest absolute Gasteiger partial charge is 0.251 e. The van der Waals surface area contributed by atoms with Gasteiger partial charge in [-0.05, 0) is 83.9 Å². The lowest BCUT2D eigenvalue weighted by molar-refractivity contribution is 0.0821. The van der Waals surface area contributed by atoms with E-state index >= 15 is 0 Å². The number of halogens is 2. The van der Waals surface area contributed by atoms with Crippen molar-refractivity contribution < 1.29 is 23.2 Å². The first-order valence-electron chi connectivity index (χ1n) is 13.1. The first-order chi connectivity index (χ1) is 18.7. The van der Waals surface area contributed by atoms with Crippen molar-refractivity contribution in [2.24, 2.45) is 0 Å². The van der Waals surface area contributed by atoms with Crippen LogP contribution in [0.2, 0.25) is 0 Å². The number of rotatable bonds is 13. The number of aryl methyl sites for hydroxylation is 1. The predicted octanol–water partition coefficient (Wildman–Crippen LogP) is 4.80. The second-order valence-electron chi connectivity index (χ2n) is 9.97. The number of nitrogens with one attached hydrogen (secondary N) is 2. The number of carbonyl (C=O) groups is 1. The van der Waals surface area contributed by atoms with E-state index in [9.17, 15) is 23.2 Å². The Morgan fingerprint density at radius 1 is 1.10 bits per heavy atom. The lowest BCUT2D eigenvalue weighted by Crippen LogP contribution is -2.50. The summed E-state index contributed by atoms with van der Waals surface area (Å²) in [6, 6.07) is 17.1. The molecule has 0 saturated heterocycles. The van der Waals surface area contributed by atoms with Gasteiger partial charge in [-0.1, -0.05) is 43.8 Å². The Hall–Kier alpha value is -3.04. The van der Waals surface area contributed by atoms with Crippen molar-refractivity contribution in [2.45, 2.75) is 55.2 Å². The van der Waals surface area contributed by atoms with Gasteiger partial charge in [-0.25, -0.2) is 8.78 Å². The van der Waals surface area contributed by atoms with Crippen LogP contribution in [0.1, 0.15) is 46.8 Å². The average Bonchev–Trinajstić information content (AvgIpc) is 3.72. The molecule has 1 aliphatic rings. The maximum atomic E-state index is 13.9. The molecule has 8 heteroatoms. The summed E-state index contributed by atoms with van der Waals surface area (Å²) in [6.07, 6.45) is 3.29. The van der Waals surface area contributed by atoms with Gasteiger partial charge in [0.05, 0.1) is 12.1 Å². The molecule has 206 valence electrons. The van der Waals surface area contributed by atoms with Crippen molar-refractivity contribution in [3.05, 3.63) is 113 Å². The fourth-order valence-electron chi connectivity index (χ4n) is 4.72. The molecule has 0 aliphatic heterocycles. The van der Waals surface area contributed by atoms with E-state index in [1.807, 2.05) is 6.07 Å². The lowest BCUT2D eigenvalue weighted by atomic mass is 9.98. The molecule has 3 N–H and O–H groups in total. The largest absolute Gasteiger partial charge is 0.611 e. The van der Waals surface area contributed by atoms with Crippen LogP contribution in [0, 0.1) is 11.6 Å². The van der Waals surface area contributed by atoms with Gasteiger partial charge in [0.15, 0.2) is 4.90 Å². The summed E-state index contributed by atoms with van der Waals surface area (Å²) >= 11 is -1.34. The van der Waals surface area contributed by atoms with Crippen LogP contribution in [0.3, 0.4) is 0 Å². The number of carbonyl (C=O) groups excluding carboxylic acids is 1. The molecule has 1 aliphatic carbocycles. The number of amides is 1. The fourth-order valence-corrected chi connectivity index (χ4v) is 5.62. The third kappa shape index (κ3) is 7.54. The van der Waals surface area contributed by atoms with Crippen LogP contribution < -0.4 is 10.6 Å². The van der Waals surface area contributed by atoms with Gasteiger partial charge in [-0.2, -0.15) is 0 Å². The quantitative estimate of drug-likeness (QED) is 0.210. The molecule has 1 fully saturated rings. The summed E-state index contributed by atoms with van der Waals surface area (Å²) in [7, 11) is 0. The summed E-state index contributed by atoms with van der Waals surface area (Å²) in [5, 5.41) is 17.6. The molecule has 1 saturated carbocycles. The highest BCUT2D eigenvalue weighted by atomic mass is 32.2. The second kappa shape index (κ2) is 12.9. The summed E-state index contributed by atoms with van der Waals surface area (Å²) in [5.74, 6) is -1.68. The molecule has 5 nitrogen and oxygen atoms in total. The SMILES string of the molecule is C=CC[S+]([O-])c1cccc(C(=O)N[C@@H](Cc2cc(F)cc(F)c2)[C@H](O)CNC2(c3cccc(CC)c3)CC2)c1.